The van der Waals surface area contributed by atoms with Crippen molar-refractivity contribution in [3.8, 4) is 68.2 Å². The van der Waals surface area contributed by atoms with Crippen LogP contribution in [0.15, 0.2) is 127 Å². The number of carbonyl (C=O) groups is 10. The van der Waals surface area contributed by atoms with Gasteiger partial charge in [0.2, 0.25) is 60.2 Å². The van der Waals surface area contributed by atoms with E-state index in [1.165, 1.54) is 26.8 Å². The fraction of sp³-hybridized carbons (Fsp3) is 0.435. The van der Waals surface area contributed by atoms with Crippen LogP contribution in [-0.4, -0.2) is 264 Å². The summed E-state index contributed by atoms with van der Waals surface area (Å²) in [7, 11) is -10.0. The van der Waals surface area contributed by atoms with Crippen LogP contribution >= 0.6 is 50.0 Å². The van der Waals surface area contributed by atoms with E-state index in [0.29, 0.717) is 9.92 Å². The van der Waals surface area contributed by atoms with Crippen LogP contribution in [0, 0.1) is 5.92 Å². The minimum absolute atomic E-state index is 0.144. The number of aliphatic hydroxyl groups excluding tert-OH is 6. The number of benzene rings is 7. The number of hydrogen-bond donors (Lipinski definition) is 23. The number of likely N-dealkylation sites (N-methyl/N-ethyl adjacent to an activating group) is 1. The van der Waals surface area contributed by atoms with Gasteiger partial charge in [0.25, 0.3) is 0 Å². The van der Waals surface area contributed by atoms with Gasteiger partial charge in [-0.1, -0.05) is 103 Å². The summed E-state index contributed by atoms with van der Waals surface area (Å²) < 4.78 is 86.6. The maximum atomic E-state index is 16.7. The number of phenols is 3. The number of carboxylic acids is 1. The summed E-state index contributed by atoms with van der Waals surface area (Å²) in [5.74, 6) is -20.0. The second-order valence-corrected chi connectivity index (χ2v) is 41.5. The first-order valence-electron chi connectivity index (χ1n) is 44.5. The zero-order valence-corrected chi connectivity index (χ0v) is 81.1. The highest BCUT2D eigenvalue weighted by atomic mass is 35.5. The molecule has 46 nitrogen and oxygen atoms in total. The molecule has 22 atom stereocenters. The van der Waals surface area contributed by atoms with Gasteiger partial charge in [0.1, 0.15) is 95.5 Å². The number of phenolic OH excluding ortho intramolecular Hbond substituents is 3. The minimum atomic E-state index is -5.50. The van der Waals surface area contributed by atoms with E-state index in [1.54, 1.807) is 32.9 Å². The number of aliphatic carboxylic acids is 1. The van der Waals surface area contributed by atoms with Crippen molar-refractivity contribution in [2.75, 3.05) is 20.4 Å². The molecule has 0 saturated carbocycles. The molecular weight excluding hydrogens is 1990 g/mol. The van der Waals surface area contributed by atoms with Gasteiger partial charge >= 0.3 is 33.2 Å². The molecule has 8 amide bonds. The van der Waals surface area contributed by atoms with E-state index in [9.17, 15) is 98.9 Å². The Morgan fingerprint density at radius 3 is 1.81 bits per heavy atom. The highest BCUT2D eigenvalue weighted by Crippen LogP contribution is 2.62. The molecule has 3 saturated heterocycles. The highest BCUT2D eigenvalue weighted by Gasteiger charge is 2.54. The lowest BCUT2D eigenvalue weighted by molar-refractivity contribution is -0.334. The molecule has 143 heavy (non-hydrogen) atoms. The average Bonchev–Trinajstić information content (AvgIpc) is 0.760. The zero-order valence-electron chi connectivity index (χ0n) is 77.1. The van der Waals surface area contributed by atoms with E-state index in [0.717, 1.165) is 96.5 Å². The lowest BCUT2D eigenvalue weighted by Gasteiger charge is -2.48. The van der Waals surface area contributed by atoms with Crippen LogP contribution in [0.4, 0.5) is 4.79 Å². The molecule has 0 aromatic heterocycles. The number of esters is 1. The number of amides is 8. The third kappa shape index (κ3) is 25.2. The number of hydrogen-bond acceptors (Lipinski definition) is 33. The Kier molecular flexibility index (Phi) is 33.9. The fourth-order valence-corrected chi connectivity index (χ4v) is 20.5. The molecular formula is C92H107Cl3N10O36P2. The van der Waals surface area contributed by atoms with E-state index in [2.05, 4.69) is 37.2 Å². The molecule has 3 fully saturated rings. The first kappa shape index (κ1) is 109. The number of aromatic hydroxyl groups is 3. The van der Waals surface area contributed by atoms with Crippen molar-refractivity contribution in [1.29, 1.82) is 0 Å². The van der Waals surface area contributed by atoms with Crippen LogP contribution in [0.2, 0.25) is 15.1 Å². The number of carbonyl (C=O) groups excluding carboxylic acids is 9. The summed E-state index contributed by atoms with van der Waals surface area (Å²) in [4.78, 5) is 188. The predicted octanol–water partition coefficient (Wildman–Crippen LogP) is 4.31. The summed E-state index contributed by atoms with van der Waals surface area (Å²) in [5.41, 5.74) is 8.76. The van der Waals surface area contributed by atoms with Gasteiger partial charge < -0.3 is 167 Å². The molecule has 7 aromatic rings. The molecule has 772 valence electrons. The van der Waals surface area contributed by atoms with Gasteiger partial charge in [-0.25, -0.2) is 9.59 Å². The summed E-state index contributed by atoms with van der Waals surface area (Å²) in [6, 6.07) is 11.6. The second kappa shape index (κ2) is 44.6. The lowest BCUT2D eigenvalue weighted by atomic mass is 9.84. The summed E-state index contributed by atoms with van der Waals surface area (Å²) >= 11 is 20.9. The summed E-state index contributed by atoms with van der Waals surface area (Å²) in [5, 5.41) is 133. The SMILES string of the molecule is CC(C)C[C@H](C(=O)N[C@H]1C(=O)N[C@@H](CC(N)=O)C(=O)N[C@H]2C(=O)N[C@H]3C(=O)N[C@H](C(=O)N[C@H](C(=O)O)c4cc(O)cc(O)c4-c4cc3ccc4O)[C@H](O[C@H]3C[C@](C)(N)[C@@H](O)[C@H](C)O3)c3ccc(c(Cl)c3)Oc3cc2cc(c3OC2O[C@H](CO)[C@@H](O)[C@H](O)[C@H]2O[C@H]2C[C@](C)(NCc3ccc(-c4ccc(Cl)cc4)cc3)[C@@H](O)[C@H](C)O2)Oc2ccc(cc2Cl)[C@H]1O)N(C)C(=O)OCOC(=O)CCC(P(=O)(O)O)P(=O)(O)O. The average molecular weight is 2100 g/mol. The topological polar surface area (TPSA) is 720 Å². The molecule has 25 N–H and O–H groups in total. The van der Waals surface area contributed by atoms with Crippen molar-refractivity contribution in [1.82, 2.24) is 42.1 Å². The third-order valence-electron chi connectivity index (χ3n) is 25.1. The van der Waals surface area contributed by atoms with Crippen LogP contribution in [0.3, 0.4) is 0 Å². The Hall–Kier alpha value is -11.5. The molecule has 0 radical (unpaired) electrons. The van der Waals surface area contributed by atoms with Gasteiger partial charge in [-0.05, 0) is 152 Å². The third-order valence-corrected chi connectivity index (χ3v) is 29.8. The lowest BCUT2D eigenvalue weighted by Crippen LogP contribution is -2.65. The maximum absolute atomic E-state index is 16.7. The standard InChI is InChI=1S/C92H107Cl3N10O36P2/c1-38(2)24-55(105(7)90(125)133-37-132-64(111)22-23-67(142(126,127)128)143(129,130)131)83(118)103-72-74(112)45-15-20-58(52(94)26-45)136-60-28-47-29-61(78(60)141-89-79(76(114)75(113)62(36-106)138-89)140-66-34-92(6,81(116)40(4)135-66)98-35-41-8-10-42(11-9-41)43-12-17-48(93)18-13-43)137-59-21-16-46(27-53(59)95)77(139-65-33-91(5,97)80(115)39(3)134-65)73-87(122)102-71(88(123)124)51-30-49(107)31-57(109)68(51)50-25-44(14-19-56(50)108)69(84(119)104-73)101-85(120)70(47)100-82(117)54(32-63(96)110)99-86(72)121/h8-21,25-31,38-40,54-55,62,65-67,69-77,79-81,89,98,106-109,112-116H,22-24,32-37,97H2,1-7H3,(H2,96,110)(H,99,121)(H,100,117)(H,101,120)(H,102,122)(H,103,118)(H,104,119)(H,123,124)(H2,126,127,128)(H2,129,130,131)/t39-,40-,54-,55+,62+,65-,66-,69+,70+,71-,72+,73-,74+,75+,76-,77+,79+,80-,81-,89?,91-,92-/m0/s1. The first-order valence-corrected chi connectivity index (χ1v) is 49.0. The molecule has 11 bridgehead atoms. The second-order valence-electron chi connectivity index (χ2n) is 36.2. The molecule has 0 spiro atoms. The number of aliphatic hydroxyl groups is 6. The smallest absolute Gasteiger partial charge is 0.413 e. The Bertz CT molecular complexity index is 6070. The monoisotopic (exact) mass is 2090 g/mol. The Balaban J connectivity index is 0.977. The van der Waals surface area contributed by atoms with Gasteiger partial charge in [-0.15, -0.1) is 0 Å². The molecule has 51 heteroatoms. The molecule has 1 unspecified atom stereocenters. The summed E-state index contributed by atoms with van der Waals surface area (Å²) in [6.45, 7) is 7.03. The van der Waals surface area contributed by atoms with Crippen molar-refractivity contribution >= 4 is 109 Å². The van der Waals surface area contributed by atoms with Crippen molar-refractivity contribution in [3.05, 3.63) is 176 Å². The number of ether oxygens (including phenoxy) is 10. The molecule has 15 rings (SSSR count). The first-order chi connectivity index (χ1) is 67.2. The molecule has 0 aliphatic carbocycles. The van der Waals surface area contributed by atoms with Gasteiger partial charge in [0.05, 0.1) is 47.5 Å². The van der Waals surface area contributed by atoms with Crippen LogP contribution in [0.25, 0.3) is 22.3 Å². The van der Waals surface area contributed by atoms with Crippen LogP contribution in [-0.2, 0) is 92.0 Å². The maximum Gasteiger partial charge on any atom is 0.413 e. The number of halogens is 3. The number of nitrogens with one attached hydrogen (secondary N) is 7. The summed E-state index contributed by atoms with van der Waals surface area (Å²) in [6.07, 6.45) is -28.5. The van der Waals surface area contributed by atoms with E-state index < -0.39 is 342 Å². The molecule has 8 aliphatic rings. The van der Waals surface area contributed by atoms with Gasteiger partial charge in [-0.3, -0.25) is 52.4 Å². The number of primary amides is 1. The predicted molar refractivity (Wildman–Crippen MR) is 499 cm³/mol. The van der Waals surface area contributed by atoms with Crippen LogP contribution in [0.5, 0.6) is 46.0 Å². The number of carboxylic acid groups (broad SMARTS) is 1. The van der Waals surface area contributed by atoms with E-state index >= 15 is 28.8 Å². The van der Waals surface area contributed by atoms with Crippen molar-refractivity contribution in [3.63, 3.8) is 0 Å². The number of nitrogens with zero attached hydrogens (tertiary/aromatic N) is 1. The number of fused-ring (bicyclic) bond motifs is 15. The highest BCUT2D eigenvalue weighted by molar-refractivity contribution is 7.70. The Morgan fingerprint density at radius 1 is 0.636 bits per heavy atom. The largest absolute Gasteiger partial charge is 0.508 e. The van der Waals surface area contributed by atoms with Gasteiger partial charge in [0, 0.05) is 71.7 Å². The van der Waals surface area contributed by atoms with Crippen LogP contribution < -0.4 is 62.9 Å². The number of nitrogens with two attached hydrogens (primary N) is 2. The van der Waals surface area contributed by atoms with Crippen molar-refractivity contribution < 1.29 is 175 Å². The van der Waals surface area contributed by atoms with Crippen molar-refractivity contribution in [2.45, 2.75) is 225 Å². The van der Waals surface area contributed by atoms with E-state index in [1.807, 2.05) is 36.4 Å². The zero-order chi connectivity index (χ0) is 104. The van der Waals surface area contributed by atoms with Crippen molar-refractivity contribution in [2.24, 2.45) is 17.4 Å². The van der Waals surface area contributed by atoms with Gasteiger partial charge in [-0.2, -0.15) is 0 Å². The quantitative estimate of drug-likeness (QED) is 0.0204. The number of rotatable bonds is 26. The van der Waals surface area contributed by atoms with E-state index in [4.69, 9.17) is 93.6 Å². The Morgan fingerprint density at radius 2 is 1.22 bits per heavy atom. The molecule has 8 heterocycles. The normalized spacial score (nSPS) is 27.7. The fourth-order valence-electron chi connectivity index (χ4n) is 17.4. The van der Waals surface area contributed by atoms with E-state index in [-0.39, 0.29) is 30.5 Å². The molecule has 7 aromatic carbocycles. The minimum Gasteiger partial charge on any atom is -0.508 e. The Labute approximate surface area is 829 Å². The van der Waals surface area contributed by atoms with Crippen LogP contribution in [0.1, 0.15) is 144 Å². The molecule has 8 aliphatic heterocycles. The van der Waals surface area contributed by atoms with Gasteiger partial charge in [0.15, 0.2) is 41.6 Å².